The molecule has 58 heavy (non-hydrogen) atoms. The van der Waals surface area contributed by atoms with Crippen molar-refractivity contribution in [1.82, 2.24) is 0 Å². The van der Waals surface area contributed by atoms with E-state index in [2.05, 4.69) is 0 Å². The van der Waals surface area contributed by atoms with E-state index < -0.39 is 0 Å². The molecule has 58 heteroatoms. The van der Waals surface area contributed by atoms with Gasteiger partial charge in [0.1, 0.15) is 0 Å². The van der Waals surface area contributed by atoms with Gasteiger partial charge in [0, 0.05) is 2240 Å². The van der Waals surface area contributed by atoms with Gasteiger partial charge in [0.15, 0.2) is 0 Å². The fourth-order valence-electron chi connectivity index (χ4n) is 0. The van der Waals surface area contributed by atoms with Crippen molar-refractivity contribution in [2.24, 2.45) is 0 Å². The first-order valence-corrected chi connectivity index (χ1v) is 0. The van der Waals surface area contributed by atoms with Gasteiger partial charge in [-0.1, -0.05) is 0 Å². The van der Waals surface area contributed by atoms with Crippen molar-refractivity contribution in [3.63, 3.8) is 0 Å². The summed E-state index contributed by atoms with van der Waals surface area (Å²) in [6, 6.07) is 0. The maximum atomic E-state index is 0. The van der Waals surface area contributed by atoms with Crippen molar-refractivity contribution < 1.29 is 2240 Å². The SMILES string of the molecule is [Tb].[Tb].[Tb].[Tb].[Tb].[Tb].[Tb].[Tb].[Tb].[Tb].[Tb].[Tb].[Tb].[Tb].[Tb].[Tb].[Tb].[Tb].[Tb].[Tb].[Tb].[Tb].[Tb].[Tb].[Tb].[Tb].[Tb].[Tb].[Tb].[Tb].[Tb].[Tb].[Tb].[Tb].[Tb].[Tb].[Tb].[Tb].[Tb].[Tb].[Tb].[Tb].[Tb].[Tb].[Tb].[Tb].[Tb].[Tb].[Tb].[Tb].[Tb].[Tb].[Tb].[Tb].[Tb].[Tb].[Tb].[Tb]. The zero-order valence-electron chi connectivity index (χ0n) is 19.3. The summed E-state index contributed by atoms with van der Waals surface area (Å²) in [7, 11) is 0. The average molecular weight is 9220 g/mol. The molecule has 0 aromatic carbocycles. The Morgan fingerprint density at radius 3 is 0.0172 bits per heavy atom. The van der Waals surface area contributed by atoms with Gasteiger partial charge in [-0.05, 0) is 0 Å². The van der Waals surface area contributed by atoms with Crippen LogP contribution in [0.3, 0.4) is 0 Å². The predicted molar refractivity (Wildman–Crippen MR) is 0 cm³/mol. The van der Waals surface area contributed by atoms with Crippen LogP contribution in [-0.2, 0) is 0 Å². The minimum Gasteiger partial charge on any atom is 0 e. The molecule has 0 heterocycles. The van der Waals surface area contributed by atoms with Crippen LogP contribution in [0.5, 0.6) is 0 Å². The monoisotopic (exact) mass is 9220 g/mol. The normalized spacial score (nSPS) is 0. The van der Waals surface area contributed by atoms with E-state index in [1.54, 1.807) is 0 Å². The number of hydrogen-bond acceptors (Lipinski definition) is 0. The smallest absolute Gasteiger partial charge is 0 e. The Morgan fingerprint density at radius 1 is 0.0172 bits per heavy atom. The predicted octanol–water partition coefficient (Wildman–Crippen LogP) is 0. The minimum atomic E-state index is 0. The fraction of sp³-hybridized carbons (Fsp3) is 0. The molecule has 0 aliphatic carbocycles. The summed E-state index contributed by atoms with van der Waals surface area (Å²) in [6.45, 7) is 0. The molecule has 0 N–H and O–H groups in total. The maximum Gasteiger partial charge on any atom is 0 e. The van der Waals surface area contributed by atoms with Crippen LogP contribution in [0.4, 0.5) is 0 Å². The van der Waals surface area contributed by atoms with E-state index in [1.807, 2.05) is 0 Å². The summed E-state index contributed by atoms with van der Waals surface area (Å²) in [5.41, 5.74) is 0. The Labute approximate surface area is 2140 Å². The molecule has 58 radical (unpaired) electrons. The number of rotatable bonds is 0. The van der Waals surface area contributed by atoms with E-state index in [0.29, 0.717) is 0 Å². The Kier molecular flexibility index (Phi) is 2870. The molecule has 0 fully saturated rings. The first-order chi connectivity index (χ1) is 0. The van der Waals surface area contributed by atoms with Crippen LogP contribution in [0.1, 0.15) is 0 Å². The van der Waals surface area contributed by atoms with Gasteiger partial charge in [0.25, 0.3) is 0 Å². The third-order valence-electron chi connectivity index (χ3n) is 0. The Balaban J connectivity index is 0. The topological polar surface area (TPSA) is 0 Å². The van der Waals surface area contributed by atoms with Crippen molar-refractivity contribution in [2.45, 2.75) is 0 Å². The zero-order chi connectivity index (χ0) is 0. The van der Waals surface area contributed by atoms with Crippen LogP contribution in [0.25, 0.3) is 0 Å². The van der Waals surface area contributed by atoms with E-state index in [9.17, 15) is 0 Å². The summed E-state index contributed by atoms with van der Waals surface area (Å²) < 4.78 is 0. The molecule has 0 bridgehead atoms. The van der Waals surface area contributed by atoms with Crippen LogP contribution in [0.2, 0.25) is 0 Å². The Morgan fingerprint density at radius 2 is 0.0172 bits per heavy atom. The van der Waals surface area contributed by atoms with Gasteiger partial charge in [0.05, 0.1) is 0 Å². The van der Waals surface area contributed by atoms with E-state index in [0.717, 1.165) is 0 Å². The fourth-order valence-corrected chi connectivity index (χ4v) is 0. The van der Waals surface area contributed by atoms with Crippen LogP contribution in [0.15, 0.2) is 0 Å². The molecular formula is Tb58. The van der Waals surface area contributed by atoms with Gasteiger partial charge in [-0.3, -0.25) is 0 Å². The quantitative estimate of drug-likeness (QED) is 0.321. The Bertz CT molecular complexity index is 0. The zero-order valence-corrected chi connectivity index (χ0v) is 143. The molecule has 0 atom stereocenters. The van der Waals surface area contributed by atoms with Gasteiger partial charge in [-0.2, -0.15) is 0 Å². The summed E-state index contributed by atoms with van der Waals surface area (Å²) >= 11 is 0. The van der Waals surface area contributed by atoms with E-state index in [4.69, 9.17) is 0 Å². The van der Waals surface area contributed by atoms with Crippen molar-refractivity contribution in [3.8, 4) is 0 Å². The third kappa shape index (κ3) is 394. The minimum absolute atomic E-state index is 0. The molecule has 0 aliphatic rings. The van der Waals surface area contributed by atoms with Crippen molar-refractivity contribution in [1.29, 1.82) is 0 Å². The second kappa shape index (κ2) is 403. The van der Waals surface area contributed by atoms with Gasteiger partial charge < -0.3 is 0 Å². The summed E-state index contributed by atoms with van der Waals surface area (Å²) in [5, 5.41) is 0. The Hall–Kier alpha value is 74.6. The standard InChI is InChI=1S/58Tb. The van der Waals surface area contributed by atoms with Gasteiger partial charge >= 0.3 is 0 Å². The molecule has 0 unspecified atom stereocenters. The first-order valence-electron chi connectivity index (χ1n) is 0. The van der Waals surface area contributed by atoms with Crippen molar-refractivity contribution >= 4 is 0 Å². The maximum absolute atomic E-state index is 0. The van der Waals surface area contributed by atoms with E-state index in [-0.39, 0.29) is 2240 Å². The number of hydrogen-bond donors (Lipinski definition) is 0. The molecule has 0 aromatic rings. The molecule has 522 valence electrons. The van der Waals surface area contributed by atoms with Crippen molar-refractivity contribution in [3.05, 3.63) is 0 Å². The molecule has 0 rings (SSSR count). The van der Waals surface area contributed by atoms with Crippen LogP contribution in [-0.4, -0.2) is 0 Å². The van der Waals surface area contributed by atoms with E-state index in [1.165, 1.54) is 0 Å². The second-order valence-electron chi connectivity index (χ2n) is 0. The van der Waals surface area contributed by atoms with Crippen LogP contribution >= 0.6 is 0 Å². The van der Waals surface area contributed by atoms with E-state index >= 15 is 0 Å². The van der Waals surface area contributed by atoms with Gasteiger partial charge in [0.2, 0.25) is 0 Å². The summed E-state index contributed by atoms with van der Waals surface area (Å²) in [6.07, 6.45) is 0. The molecule has 0 aliphatic heterocycles. The second-order valence-corrected chi connectivity index (χ2v) is 0. The molecule has 0 amide bonds. The van der Waals surface area contributed by atoms with Crippen LogP contribution in [0, 0.1) is 2240 Å². The third-order valence-corrected chi connectivity index (χ3v) is 0. The molecule has 0 saturated carbocycles. The molecule has 0 saturated heterocycles. The van der Waals surface area contributed by atoms with Crippen molar-refractivity contribution in [2.75, 3.05) is 0 Å². The van der Waals surface area contributed by atoms with Gasteiger partial charge in [-0.15, -0.1) is 0 Å². The largest absolute Gasteiger partial charge is 0 e. The summed E-state index contributed by atoms with van der Waals surface area (Å²) in [4.78, 5) is 0. The first kappa shape index (κ1) is 413. The molecule has 0 spiro atoms. The molecule has 0 aromatic heterocycles. The average Bonchev–Trinajstić information content (AvgIpc) is 0. The molecular weight excluding hydrogens is 9220 g/mol. The summed E-state index contributed by atoms with van der Waals surface area (Å²) in [5.74, 6) is 0. The van der Waals surface area contributed by atoms with Crippen LogP contribution < -0.4 is 0 Å². The molecule has 0 nitrogen and oxygen atoms in total. The van der Waals surface area contributed by atoms with Gasteiger partial charge in [-0.25, -0.2) is 0 Å².